The van der Waals surface area contributed by atoms with Crippen molar-refractivity contribution in [2.75, 3.05) is 81.6 Å². The van der Waals surface area contributed by atoms with E-state index < -0.39 is 18.1 Å². The Labute approximate surface area is 437 Å². The molecular weight excluding hydrogens is 953 g/mol. The van der Waals surface area contributed by atoms with Crippen molar-refractivity contribution in [1.29, 1.82) is 0 Å². The van der Waals surface area contributed by atoms with Crippen LogP contribution in [-0.2, 0) is 14.4 Å². The Balaban J connectivity index is 1.27. The number of thioether (sulfide) groups is 1. The minimum atomic E-state index is -0.720. The number of hydrazone groups is 1. The predicted octanol–water partition coefficient (Wildman–Crippen LogP) is 3.21. The molecule has 4 rings (SSSR count). The molecule has 6 atom stereocenters. The van der Waals surface area contributed by atoms with Crippen LogP contribution in [0.4, 0.5) is 0 Å². The van der Waals surface area contributed by atoms with Crippen molar-refractivity contribution in [3.05, 3.63) is 78.0 Å². The van der Waals surface area contributed by atoms with E-state index in [1.165, 1.54) is 0 Å². The predicted molar refractivity (Wildman–Crippen MR) is 293 cm³/mol. The van der Waals surface area contributed by atoms with Gasteiger partial charge < -0.3 is 52.0 Å². The number of nitrogens with one attached hydrogen (secondary N) is 8. The third kappa shape index (κ3) is 18.3. The Morgan fingerprint density at radius 3 is 1.82 bits per heavy atom. The van der Waals surface area contributed by atoms with Gasteiger partial charge in [-0.1, -0.05) is 42.6 Å². The van der Waals surface area contributed by atoms with Crippen LogP contribution in [-0.4, -0.2) is 177 Å². The zero-order chi connectivity index (χ0) is 52.6. The fourth-order valence-electron chi connectivity index (χ4n) is 8.73. The van der Waals surface area contributed by atoms with Crippen LogP contribution in [0.3, 0.4) is 0 Å². The second-order valence-corrected chi connectivity index (χ2v) is 19.8. The number of benzene rings is 2. The Morgan fingerprint density at radius 2 is 1.31 bits per heavy atom. The lowest BCUT2D eigenvalue weighted by Gasteiger charge is -2.34. The van der Waals surface area contributed by atoms with Gasteiger partial charge in [0.1, 0.15) is 12.1 Å². The van der Waals surface area contributed by atoms with Gasteiger partial charge in [0.2, 0.25) is 17.7 Å². The minimum Gasteiger partial charge on any atom is -0.376 e. The molecule has 0 bridgehead atoms. The highest BCUT2D eigenvalue weighted by molar-refractivity contribution is 8.13. The van der Waals surface area contributed by atoms with Gasteiger partial charge in [0.05, 0.1) is 18.6 Å². The number of carbonyl (C=O) groups is 5. The van der Waals surface area contributed by atoms with Gasteiger partial charge in [0.15, 0.2) is 10.3 Å². The Hall–Kier alpha value is -5.35. The van der Waals surface area contributed by atoms with Crippen molar-refractivity contribution >= 4 is 64.3 Å². The fraction of sp³-hybridized carbons (Fsp3) is 0.588. The molecule has 2 heterocycles. The van der Waals surface area contributed by atoms with Crippen LogP contribution in [0.1, 0.15) is 98.8 Å². The largest absolute Gasteiger partial charge is 0.376 e. The summed E-state index contributed by atoms with van der Waals surface area (Å²) in [5.74, 6) is -0.967. The summed E-state index contributed by atoms with van der Waals surface area (Å²) >= 11 is 6.02. The maximum absolute atomic E-state index is 14.4. The van der Waals surface area contributed by atoms with E-state index >= 15 is 0 Å². The van der Waals surface area contributed by atoms with E-state index in [9.17, 15) is 24.0 Å². The number of unbranched alkanes of at least 4 members (excludes halogenated alkanes) is 2. The quantitative estimate of drug-likeness (QED) is 0.0150. The van der Waals surface area contributed by atoms with Crippen molar-refractivity contribution in [1.82, 2.24) is 62.5 Å². The standard InChI is InChI=1S/C51H82N14O5S2/c1-35(52-4)36(2)59-43(48(69)64-31-19-23-41(64)34-65(56-8)51(54-6)72-42-24-11-10-12-25-42)26-13-15-28-57-46(67)38-20-17-21-39(32-38)47(68)58-29-16-14-27-44(60-45(66)37(3)53-5)49(70)63-30-18-22-40(63)33-62(9)50(71)61-55-7/h10-12,17,20-21,24-25,32,35,37,40-41,43-44,52-53,55-56,59H,2,13-16,18-19,22-23,26-31,33-34H2,1,3-9H3,(H,57,67)(H,58,68)(H,60,66)(H,61,71)/b54-51+/t35-,37-,40-,41-,43-,44-/m0/s1. The number of likely N-dealkylation sites (tertiary alicyclic amines) is 2. The second-order valence-electron chi connectivity index (χ2n) is 18.3. The van der Waals surface area contributed by atoms with Gasteiger partial charge in [0, 0.05) is 94.7 Å². The van der Waals surface area contributed by atoms with Gasteiger partial charge in [-0.25, -0.2) is 5.43 Å². The minimum absolute atomic E-state index is 0.0174. The lowest BCUT2D eigenvalue weighted by atomic mass is 10.1. The summed E-state index contributed by atoms with van der Waals surface area (Å²) < 4.78 is 0. The number of likely N-dealkylation sites (N-methyl/N-ethyl adjacent to an activating group) is 3. The molecule has 0 radical (unpaired) electrons. The molecule has 21 heteroatoms. The van der Waals surface area contributed by atoms with Crippen LogP contribution in [0.2, 0.25) is 0 Å². The summed E-state index contributed by atoms with van der Waals surface area (Å²) in [5.41, 5.74) is 7.47. The average Bonchev–Trinajstić information content (AvgIpc) is 4.07. The monoisotopic (exact) mass is 1030 g/mol. The van der Waals surface area contributed by atoms with Crippen LogP contribution >= 0.6 is 24.4 Å². The molecule has 2 aromatic rings. The molecule has 0 spiro atoms. The van der Waals surface area contributed by atoms with Gasteiger partial charge in [-0.15, -0.1) is 12.6 Å². The maximum Gasteiger partial charge on any atom is 0.251 e. The highest BCUT2D eigenvalue weighted by Gasteiger charge is 2.36. The van der Waals surface area contributed by atoms with E-state index in [4.69, 9.17) is 0 Å². The average molecular weight is 1040 g/mol. The SMILES string of the molecule is C=C(N[C@@H](CCCCNC(=O)c1cccc(C(=O)NCCCC[C@H](NC(=O)[C@H](C)NC)C(=O)N2CCC[C@H]2CN(C)/C(S)=N\NC)c1)C(=O)N1CCC[C@H]1CN(NC)/C(=N\C)Sc1ccccc1)[C@H](C)NC. The van der Waals surface area contributed by atoms with Crippen molar-refractivity contribution in [2.24, 2.45) is 10.1 Å². The molecule has 5 amide bonds. The molecule has 0 unspecified atom stereocenters. The molecule has 0 saturated carbocycles. The van der Waals surface area contributed by atoms with Gasteiger partial charge >= 0.3 is 0 Å². The number of aliphatic imine (C=N–C) groups is 1. The summed E-state index contributed by atoms with van der Waals surface area (Å²) in [7, 11) is 10.8. The van der Waals surface area contributed by atoms with Crippen molar-refractivity contribution in [2.45, 2.75) is 119 Å². The topological polar surface area (TPSA) is 219 Å². The van der Waals surface area contributed by atoms with Crippen LogP contribution in [0.25, 0.3) is 0 Å². The van der Waals surface area contributed by atoms with E-state index in [-0.39, 0.29) is 47.7 Å². The number of amidine groups is 2. The third-order valence-corrected chi connectivity index (χ3v) is 14.8. The molecule has 2 aliphatic heterocycles. The molecule has 2 fully saturated rings. The number of hydrogen-bond donors (Lipinski definition) is 9. The summed E-state index contributed by atoms with van der Waals surface area (Å²) in [4.78, 5) is 79.3. The second kappa shape index (κ2) is 31.3. The first-order chi connectivity index (χ1) is 34.6. The molecule has 2 aliphatic rings. The zero-order valence-electron chi connectivity index (χ0n) is 43.8. The highest BCUT2D eigenvalue weighted by Crippen LogP contribution is 2.25. The normalized spacial score (nSPS) is 17.6. The summed E-state index contributed by atoms with van der Waals surface area (Å²) in [6, 6.07) is 14.9. The molecule has 0 aromatic heterocycles. The fourth-order valence-corrected chi connectivity index (χ4v) is 9.78. The molecule has 398 valence electrons. The number of carbonyl (C=O) groups excluding carboxylic acids is 5. The van der Waals surface area contributed by atoms with E-state index in [1.54, 1.807) is 64.1 Å². The Morgan fingerprint density at radius 1 is 0.764 bits per heavy atom. The number of thiol groups is 1. The number of amides is 5. The van der Waals surface area contributed by atoms with Gasteiger partial charge in [-0.05, 0) is 122 Å². The first kappa shape index (κ1) is 59.2. The van der Waals surface area contributed by atoms with Crippen molar-refractivity contribution in [3.63, 3.8) is 0 Å². The van der Waals surface area contributed by atoms with Gasteiger partial charge in [-0.2, -0.15) is 5.10 Å². The number of hydrogen-bond acceptors (Lipinski definition) is 13. The summed E-state index contributed by atoms with van der Waals surface area (Å²) in [5, 5.41) is 25.9. The molecule has 72 heavy (non-hydrogen) atoms. The van der Waals surface area contributed by atoms with Crippen molar-refractivity contribution < 1.29 is 24.0 Å². The molecule has 2 aromatic carbocycles. The van der Waals surface area contributed by atoms with E-state index in [0.717, 1.165) is 41.4 Å². The van der Waals surface area contributed by atoms with Crippen molar-refractivity contribution in [3.8, 4) is 0 Å². The lowest BCUT2D eigenvalue weighted by Crippen LogP contribution is -2.54. The van der Waals surface area contributed by atoms with Gasteiger partial charge in [0.25, 0.3) is 11.8 Å². The van der Waals surface area contributed by atoms with E-state index in [1.807, 2.05) is 78.1 Å². The molecule has 19 nitrogen and oxygen atoms in total. The third-order valence-electron chi connectivity index (χ3n) is 13.2. The van der Waals surface area contributed by atoms with E-state index in [0.29, 0.717) is 94.1 Å². The molecule has 8 N–H and O–H groups in total. The first-order valence-electron chi connectivity index (χ1n) is 25.3. The van der Waals surface area contributed by atoms with Crippen LogP contribution in [0.15, 0.2) is 81.9 Å². The van der Waals surface area contributed by atoms with Crippen LogP contribution in [0.5, 0.6) is 0 Å². The number of hydrazine groups is 1. The van der Waals surface area contributed by atoms with Crippen LogP contribution < -0.4 is 42.8 Å². The summed E-state index contributed by atoms with van der Waals surface area (Å²) in [6.45, 7) is 11.1. The lowest BCUT2D eigenvalue weighted by molar-refractivity contribution is -0.137. The van der Waals surface area contributed by atoms with Gasteiger partial charge in [-0.3, -0.25) is 34.0 Å². The number of nitrogens with zero attached hydrogens (tertiary/aromatic N) is 6. The first-order valence-corrected chi connectivity index (χ1v) is 26.6. The summed E-state index contributed by atoms with van der Waals surface area (Å²) in [6.07, 6.45) is 6.89. The highest BCUT2D eigenvalue weighted by atomic mass is 32.2. The number of rotatable bonds is 28. The Kier molecular flexibility index (Phi) is 25.7. The van der Waals surface area contributed by atoms with Crippen LogP contribution in [0, 0.1) is 0 Å². The smallest absolute Gasteiger partial charge is 0.251 e. The zero-order valence-corrected chi connectivity index (χ0v) is 45.5. The molecule has 2 saturated heterocycles. The molecular formula is C51H82N14O5S2. The Bertz CT molecular complexity index is 2130. The molecule has 0 aliphatic carbocycles. The maximum atomic E-state index is 14.4. The van der Waals surface area contributed by atoms with E-state index in [2.05, 4.69) is 72.1 Å².